The fourth-order valence-electron chi connectivity index (χ4n) is 3.36. The zero-order chi connectivity index (χ0) is 21.4. The van der Waals surface area contributed by atoms with Gasteiger partial charge in [-0.1, -0.05) is 51.4 Å². The topological polar surface area (TPSA) is 83.0 Å². The quantitative estimate of drug-likeness (QED) is 0.369. The van der Waals surface area contributed by atoms with Crippen LogP contribution in [0.15, 0.2) is 86.6 Å². The van der Waals surface area contributed by atoms with Gasteiger partial charge in [0.25, 0.3) is 11.4 Å². The summed E-state index contributed by atoms with van der Waals surface area (Å²) in [6.45, 7) is 0. The lowest BCUT2D eigenvalue weighted by Crippen LogP contribution is -2.22. The van der Waals surface area contributed by atoms with Crippen molar-refractivity contribution in [3.05, 3.63) is 87.6 Å². The Morgan fingerprint density at radius 2 is 1.65 bits per heavy atom. The number of hydrogen-bond acceptors (Lipinski definition) is 6. The van der Waals surface area contributed by atoms with Crippen LogP contribution in [0, 0.1) is 0 Å². The highest BCUT2D eigenvalue weighted by Gasteiger charge is 2.20. The first-order valence-corrected chi connectivity index (χ1v) is 10.2. The largest absolute Gasteiger partial charge is 0.496 e. The Bertz CT molecular complexity index is 1460. The van der Waals surface area contributed by atoms with Gasteiger partial charge in [-0.05, 0) is 42.5 Å². The molecule has 0 saturated heterocycles. The van der Waals surface area contributed by atoms with Crippen LogP contribution in [0.2, 0.25) is 0 Å². The van der Waals surface area contributed by atoms with Gasteiger partial charge in [-0.3, -0.25) is 4.79 Å². The maximum absolute atomic E-state index is 13.1. The van der Waals surface area contributed by atoms with Crippen molar-refractivity contribution in [1.29, 1.82) is 0 Å². The molecule has 0 radical (unpaired) electrons. The van der Waals surface area contributed by atoms with E-state index in [1.807, 2.05) is 66.7 Å². The van der Waals surface area contributed by atoms with Gasteiger partial charge in [0.05, 0.1) is 23.7 Å². The van der Waals surface area contributed by atoms with Gasteiger partial charge in [0.1, 0.15) is 5.75 Å². The van der Waals surface area contributed by atoms with Crippen LogP contribution in [0.25, 0.3) is 39.4 Å². The molecule has 5 rings (SSSR count). The smallest absolute Gasteiger partial charge is 0.279 e. The summed E-state index contributed by atoms with van der Waals surface area (Å²) in [5.74, 6) is 1.22. The van der Waals surface area contributed by atoms with Gasteiger partial charge in [-0.2, -0.15) is 14.8 Å². The molecule has 8 heteroatoms. The molecule has 0 spiro atoms. The zero-order valence-electron chi connectivity index (χ0n) is 16.3. The van der Waals surface area contributed by atoms with Crippen molar-refractivity contribution in [2.24, 2.45) is 0 Å². The van der Waals surface area contributed by atoms with Crippen molar-refractivity contribution in [1.82, 2.24) is 19.9 Å². The van der Waals surface area contributed by atoms with E-state index in [9.17, 15) is 4.79 Å². The number of methoxy groups -OCH3 is 1. The van der Waals surface area contributed by atoms with Gasteiger partial charge in [-0.15, -0.1) is 0 Å². The predicted octanol–water partition coefficient (Wildman–Crippen LogP) is 4.87. The van der Waals surface area contributed by atoms with E-state index in [1.54, 1.807) is 13.2 Å². The number of para-hydroxylation sites is 1. The minimum Gasteiger partial charge on any atom is -0.496 e. The molecule has 0 saturated carbocycles. The lowest BCUT2D eigenvalue weighted by Gasteiger charge is -2.09. The molecule has 2 aromatic heterocycles. The van der Waals surface area contributed by atoms with Crippen molar-refractivity contribution < 1.29 is 9.26 Å². The second-order valence-corrected chi connectivity index (χ2v) is 7.63. The molecule has 2 heterocycles. The molecule has 0 amide bonds. The Balaban J connectivity index is 1.72. The third-order valence-corrected chi connectivity index (χ3v) is 5.38. The average Bonchev–Trinajstić information content (AvgIpc) is 3.30. The molecule has 0 fully saturated rings. The summed E-state index contributed by atoms with van der Waals surface area (Å²) in [4.78, 5) is 17.7. The highest BCUT2D eigenvalue weighted by molar-refractivity contribution is 9.10. The Morgan fingerprint density at radius 3 is 2.42 bits per heavy atom. The highest BCUT2D eigenvalue weighted by atomic mass is 79.9. The molecule has 0 atom stereocenters. The minimum absolute atomic E-state index is 0.211. The van der Waals surface area contributed by atoms with Crippen LogP contribution in [0.5, 0.6) is 5.75 Å². The molecule has 152 valence electrons. The molecule has 5 aromatic rings. The standard InChI is InChI=1S/C23H15BrN4O3/c1-30-19-9-5-4-8-18(19)21-25-22(31-27-21)20-16-6-2-3-7-17(16)23(29)28(26-20)15-12-10-14(24)11-13-15/h2-13H,1H3. The number of rotatable bonds is 4. The van der Waals surface area contributed by atoms with E-state index in [2.05, 4.69) is 31.2 Å². The summed E-state index contributed by atoms with van der Waals surface area (Å²) in [6, 6.07) is 22.0. The minimum atomic E-state index is -0.230. The van der Waals surface area contributed by atoms with E-state index < -0.39 is 0 Å². The highest BCUT2D eigenvalue weighted by Crippen LogP contribution is 2.30. The van der Waals surface area contributed by atoms with E-state index in [1.165, 1.54) is 4.68 Å². The molecule has 0 aliphatic heterocycles. The first-order chi connectivity index (χ1) is 15.2. The summed E-state index contributed by atoms with van der Waals surface area (Å²) < 4.78 is 13.2. The molecule has 3 aromatic carbocycles. The molecule has 0 unspecified atom stereocenters. The van der Waals surface area contributed by atoms with E-state index in [0.717, 1.165) is 4.47 Å². The van der Waals surface area contributed by atoms with Crippen molar-refractivity contribution in [2.45, 2.75) is 0 Å². The summed E-state index contributed by atoms with van der Waals surface area (Å²) in [6.07, 6.45) is 0. The van der Waals surface area contributed by atoms with Crippen LogP contribution in [0.4, 0.5) is 0 Å². The van der Waals surface area contributed by atoms with E-state index >= 15 is 0 Å². The molecule has 0 N–H and O–H groups in total. The molecular formula is C23H15BrN4O3. The Hall–Kier alpha value is -3.78. The van der Waals surface area contributed by atoms with Crippen molar-refractivity contribution in [3.8, 4) is 34.4 Å². The zero-order valence-corrected chi connectivity index (χ0v) is 17.9. The number of hydrogen-bond donors (Lipinski definition) is 0. The number of halogens is 1. The Labute approximate surface area is 185 Å². The van der Waals surface area contributed by atoms with Crippen LogP contribution in [0.3, 0.4) is 0 Å². The summed E-state index contributed by atoms with van der Waals surface area (Å²) >= 11 is 3.41. The first-order valence-electron chi connectivity index (χ1n) is 9.41. The molecular weight excluding hydrogens is 460 g/mol. The summed E-state index contributed by atoms with van der Waals surface area (Å²) in [5, 5.41) is 9.84. The number of nitrogens with zero attached hydrogens (tertiary/aromatic N) is 4. The van der Waals surface area contributed by atoms with Crippen LogP contribution < -0.4 is 10.3 Å². The molecule has 0 aliphatic rings. The Kier molecular flexibility index (Phi) is 4.83. The monoisotopic (exact) mass is 474 g/mol. The molecule has 31 heavy (non-hydrogen) atoms. The maximum atomic E-state index is 13.1. The summed E-state index contributed by atoms with van der Waals surface area (Å²) in [5.41, 5.74) is 1.52. The van der Waals surface area contributed by atoms with Crippen molar-refractivity contribution >= 4 is 26.7 Å². The fraction of sp³-hybridized carbons (Fsp3) is 0.0435. The molecule has 0 aliphatic carbocycles. The first kappa shape index (κ1) is 19.2. The molecule has 0 bridgehead atoms. The average molecular weight is 475 g/mol. The Morgan fingerprint density at radius 1 is 0.935 bits per heavy atom. The molecule has 7 nitrogen and oxygen atoms in total. The van der Waals surface area contributed by atoms with E-state index in [-0.39, 0.29) is 11.4 Å². The summed E-state index contributed by atoms with van der Waals surface area (Å²) in [7, 11) is 1.59. The number of benzene rings is 3. The third kappa shape index (κ3) is 3.40. The van der Waals surface area contributed by atoms with Gasteiger partial charge >= 0.3 is 0 Å². The van der Waals surface area contributed by atoms with Crippen LogP contribution in [-0.4, -0.2) is 27.0 Å². The lowest BCUT2D eigenvalue weighted by molar-refractivity contribution is 0.413. The number of fused-ring (bicyclic) bond motifs is 1. The van der Waals surface area contributed by atoms with Gasteiger partial charge in [0, 0.05) is 9.86 Å². The fourth-order valence-corrected chi connectivity index (χ4v) is 3.63. The van der Waals surface area contributed by atoms with Gasteiger partial charge in [-0.25, -0.2) is 0 Å². The van der Waals surface area contributed by atoms with Gasteiger partial charge < -0.3 is 9.26 Å². The lowest BCUT2D eigenvalue weighted by atomic mass is 10.1. The predicted molar refractivity (Wildman–Crippen MR) is 120 cm³/mol. The number of ether oxygens (including phenoxy) is 1. The van der Waals surface area contributed by atoms with Gasteiger partial charge in [0.2, 0.25) is 5.82 Å². The second-order valence-electron chi connectivity index (χ2n) is 6.71. The van der Waals surface area contributed by atoms with E-state index in [0.29, 0.717) is 39.3 Å². The van der Waals surface area contributed by atoms with E-state index in [4.69, 9.17) is 9.26 Å². The third-order valence-electron chi connectivity index (χ3n) is 4.85. The number of aromatic nitrogens is 4. The normalized spacial score (nSPS) is 11.0. The van der Waals surface area contributed by atoms with Crippen molar-refractivity contribution in [2.75, 3.05) is 7.11 Å². The maximum Gasteiger partial charge on any atom is 0.279 e. The van der Waals surface area contributed by atoms with Crippen molar-refractivity contribution in [3.63, 3.8) is 0 Å². The SMILES string of the molecule is COc1ccccc1-c1noc(-c2nn(-c3ccc(Br)cc3)c(=O)c3ccccc23)n1. The second kappa shape index (κ2) is 7.81. The van der Waals surface area contributed by atoms with Crippen LogP contribution in [-0.2, 0) is 0 Å². The van der Waals surface area contributed by atoms with Gasteiger partial charge in [0.15, 0.2) is 5.69 Å². The van der Waals surface area contributed by atoms with Crippen LogP contribution in [0.1, 0.15) is 0 Å². The van der Waals surface area contributed by atoms with Crippen LogP contribution >= 0.6 is 15.9 Å².